The second-order valence-corrected chi connectivity index (χ2v) is 12.8. The lowest BCUT2D eigenvalue weighted by Gasteiger charge is -2.43. The van der Waals surface area contributed by atoms with Gasteiger partial charge < -0.3 is 14.5 Å². The molecule has 2 saturated heterocycles. The van der Waals surface area contributed by atoms with E-state index in [1.807, 2.05) is 37.3 Å². The van der Waals surface area contributed by atoms with Gasteiger partial charge in [0.15, 0.2) is 0 Å². The Morgan fingerprint density at radius 2 is 1.75 bits per heavy atom. The quantitative estimate of drug-likeness (QED) is 0.328. The SMILES string of the molecule is CCCN(C)S(=O)(=O)c1ccc(OCc2ccccc2)c(N2C3CCC2CN(C(=O)c2ccc(F)cc2Cl)C3)c1. The summed E-state index contributed by atoms with van der Waals surface area (Å²) in [5, 5.41) is 0.0884. The molecule has 5 rings (SSSR count). The van der Waals surface area contributed by atoms with Gasteiger partial charge in [-0.25, -0.2) is 17.1 Å². The van der Waals surface area contributed by atoms with Gasteiger partial charge in [0.05, 0.1) is 21.2 Å². The Kier molecular flexibility index (Phi) is 8.35. The molecule has 0 saturated carbocycles. The predicted octanol–water partition coefficient (Wildman–Crippen LogP) is 5.58. The van der Waals surface area contributed by atoms with Crippen molar-refractivity contribution in [3.63, 3.8) is 0 Å². The van der Waals surface area contributed by atoms with Gasteiger partial charge in [-0.2, -0.15) is 0 Å². The number of benzene rings is 3. The number of halogens is 2. The minimum absolute atomic E-state index is 0.0349. The van der Waals surface area contributed by atoms with Crippen molar-refractivity contribution < 1.29 is 22.3 Å². The van der Waals surface area contributed by atoms with Crippen LogP contribution < -0.4 is 9.64 Å². The number of sulfonamides is 1. The molecule has 2 aliphatic rings. The second-order valence-electron chi connectivity index (χ2n) is 10.4. The van der Waals surface area contributed by atoms with Gasteiger partial charge in [-0.1, -0.05) is 48.9 Å². The molecule has 3 aromatic rings. The van der Waals surface area contributed by atoms with Crippen LogP contribution >= 0.6 is 11.6 Å². The third-order valence-electron chi connectivity index (χ3n) is 7.62. The first-order valence-electron chi connectivity index (χ1n) is 13.5. The molecule has 2 unspecified atom stereocenters. The topological polar surface area (TPSA) is 70.2 Å². The maximum absolute atomic E-state index is 13.6. The average molecular weight is 586 g/mol. The Bertz CT molecular complexity index is 1470. The van der Waals surface area contributed by atoms with Crippen LogP contribution in [-0.4, -0.2) is 62.3 Å². The smallest absolute Gasteiger partial charge is 0.255 e. The lowest BCUT2D eigenvalue weighted by atomic mass is 10.1. The Morgan fingerprint density at radius 3 is 2.40 bits per heavy atom. The Hall–Kier alpha value is -3.14. The molecule has 40 heavy (non-hydrogen) atoms. The van der Waals surface area contributed by atoms with Crippen LogP contribution in [0.3, 0.4) is 0 Å². The molecular formula is C30H33ClFN3O4S. The van der Waals surface area contributed by atoms with Gasteiger partial charge in [0.1, 0.15) is 18.2 Å². The van der Waals surface area contributed by atoms with E-state index in [0.29, 0.717) is 44.1 Å². The number of carbonyl (C=O) groups is 1. The normalized spacial score (nSPS) is 18.8. The van der Waals surface area contributed by atoms with E-state index >= 15 is 0 Å². The van der Waals surface area contributed by atoms with Gasteiger partial charge in [-0.3, -0.25) is 4.79 Å². The zero-order chi connectivity index (χ0) is 28.4. The average Bonchev–Trinajstić information content (AvgIpc) is 3.20. The van der Waals surface area contributed by atoms with Crippen LogP contribution in [-0.2, 0) is 16.6 Å². The van der Waals surface area contributed by atoms with Crippen molar-refractivity contribution >= 4 is 33.2 Å². The third-order valence-corrected chi connectivity index (χ3v) is 9.79. The van der Waals surface area contributed by atoms with Crippen molar-refractivity contribution in [2.75, 3.05) is 31.6 Å². The number of nitrogens with zero attached hydrogens (tertiary/aromatic N) is 3. The fourth-order valence-electron chi connectivity index (χ4n) is 5.63. The van der Waals surface area contributed by atoms with Crippen molar-refractivity contribution in [1.82, 2.24) is 9.21 Å². The Balaban J connectivity index is 1.46. The molecule has 0 aliphatic carbocycles. The lowest BCUT2D eigenvalue weighted by molar-refractivity contribution is 0.0717. The number of hydrogen-bond acceptors (Lipinski definition) is 5. The summed E-state index contributed by atoms with van der Waals surface area (Å²) in [6.45, 7) is 3.58. The maximum Gasteiger partial charge on any atom is 0.255 e. The molecule has 0 aromatic heterocycles. The van der Waals surface area contributed by atoms with Crippen molar-refractivity contribution in [3.8, 4) is 5.75 Å². The van der Waals surface area contributed by atoms with Gasteiger partial charge in [0.2, 0.25) is 10.0 Å². The van der Waals surface area contributed by atoms with Gasteiger partial charge >= 0.3 is 0 Å². The highest BCUT2D eigenvalue weighted by Gasteiger charge is 2.43. The Morgan fingerprint density at radius 1 is 1.05 bits per heavy atom. The number of rotatable bonds is 9. The van der Waals surface area contributed by atoms with Crippen molar-refractivity contribution in [1.29, 1.82) is 0 Å². The zero-order valence-electron chi connectivity index (χ0n) is 22.6. The molecule has 2 heterocycles. The fourth-order valence-corrected chi connectivity index (χ4v) is 7.16. The first-order chi connectivity index (χ1) is 19.2. The highest BCUT2D eigenvalue weighted by Crippen LogP contribution is 2.42. The molecule has 2 atom stereocenters. The van der Waals surface area contributed by atoms with E-state index in [-0.39, 0.29) is 33.5 Å². The molecule has 212 valence electrons. The number of anilines is 1. The minimum atomic E-state index is -3.69. The van der Waals surface area contributed by atoms with E-state index in [2.05, 4.69) is 4.90 Å². The highest BCUT2D eigenvalue weighted by atomic mass is 35.5. The van der Waals surface area contributed by atoms with Crippen LogP contribution in [0.5, 0.6) is 5.75 Å². The van der Waals surface area contributed by atoms with Gasteiger partial charge in [0.25, 0.3) is 5.91 Å². The third kappa shape index (κ3) is 5.68. The Labute approximate surface area is 240 Å². The van der Waals surface area contributed by atoms with Crippen molar-refractivity contribution in [3.05, 3.63) is 88.7 Å². The van der Waals surface area contributed by atoms with Gasteiger partial charge in [-0.05, 0) is 61.2 Å². The van der Waals surface area contributed by atoms with Gasteiger partial charge in [0, 0.05) is 38.8 Å². The first-order valence-corrected chi connectivity index (χ1v) is 15.3. The van der Waals surface area contributed by atoms with E-state index in [1.54, 1.807) is 30.1 Å². The molecular weight excluding hydrogens is 553 g/mol. The zero-order valence-corrected chi connectivity index (χ0v) is 24.2. The van der Waals surface area contributed by atoms with Crippen molar-refractivity contribution in [2.45, 2.75) is 49.8 Å². The van der Waals surface area contributed by atoms with E-state index in [1.165, 1.54) is 16.4 Å². The van der Waals surface area contributed by atoms with Gasteiger partial charge in [-0.15, -0.1) is 0 Å². The number of amides is 1. The van der Waals surface area contributed by atoms with E-state index in [9.17, 15) is 17.6 Å². The lowest BCUT2D eigenvalue weighted by Crippen LogP contribution is -2.55. The summed E-state index contributed by atoms with van der Waals surface area (Å²) in [5.41, 5.74) is 1.98. The van der Waals surface area contributed by atoms with Crippen LogP contribution in [0.2, 0.25) is 5.02 Å². The molecule has 0 spiro atoms. The predicted molar refractivity (Wildman–Crippen MR) is 154 cm³/mol. The fraction of sp³-hybridized carbons (Fsp3) is 0.367. The molecule has 2 aliphatic heterocycles. The van der Waals surface area contributed by atoms with E-state index in [0.717, 1.165) is 24.5 Å². The van der Waals surface area contributed by atoms with Crippen molar-refractivity contribution in [2.24, 2.45) is 0 Å². The number of fused-ring (bicyclic) bond motifs is 2. The molecule has 3 aromatic carbocycles. The second kappa shape index (κ2) is 11.8. The molecule has 1 amide bonds. The van der Waals surface area contributed by atoms with Crippen LogP contribution in [0, 0.1) is 5.82 Å². The number of hydrogen-bond donors (Lipinski definition) is 0. The minimum Gasteiger partial charge on any atom is -0.487 e. The monoisotopic (exact) mass is 585 g/mol. The molecule has 7 nitrogen and oxygen atoms in total. The largest absolute Gasteiger partial charge is 0.487 e. The number of likely N-dealkylation sites (tertiary alicyclic amines) is 1. The first kappa shape index (κ1) is 28.4. The highest BCUT2D eigenvalue weighted by molar-refractivity contribution is 7.89. The summed E-state index contributed by atoms with van der Waals surface area (Å²) in [4.78, 5) is 17.5. The summed E-state index contributed by atoms with van der Waals surface area (Å²) in [6.07, 6.45) is 2.39. The molecule has 2 bridgehead atoms. The summed E-state index contributed by atoms with van der Waals surface area (Å²) in [7, 11) is -2.10. The maximum atomic E-state index is 13.6. The number of carbonyl (C=O) groups excluding carboxylic acids is 1. The summed E-state index contributed by atoms with van der Waals surface area (Å²) in [5.74, 6) is -0.132. The van der Waals surface area contributed by atoms with Crippen LogP contribution in [0.25, 0.3) is 0 Å². The molecule has 0 N–H and O–H groups in total. The molecule has 0 radical (unpaired) electrons. The molecule has 10 heteroatoms. The number of ether oxygens (including phenoxy) is 1. The van der Waals surface area contributed by atoms with Crippen LogP contribution in [0.4, 0.5) is 10.1 Å². The standard InChI is InChI=1S/C30H33ClFN3O4S/c1-3-15-33(2)40(37,38)25-12-14-29(39-20-21-7-5-4-6-8-21)28(17-25)35-23-10-11-24(35)19-34(18-23)30(36)26-13-9-22(32)16-27(26)31/h4-9,12-14,16-17,23-24H,3,10-11,15,18-20H2,1-2H3. The molecule has 2 fully saturated rings. The summed E-state index contributed by atoms with van der Waals surface area (Å²) >= 11 is 6.20. The van der Waals surface area contributed by atoms with Crippen LogP contribution in [0.1, 0.15) is 42.1 Å². The summed E-state index contributed by atoms with van der Waals surface area (Å²) in [6, 6.07) is 18.6. The van der Waals surface area contributed by atoms with E-state index in [4.69, 9.17) is 16.3 Å². The van der Waals surface area contributed by atoms with Crippen LogP contribution in [0.15, 0.2) is 71.6 Å². The van der Waals surface area contributed by atoms with E-state index < -0.39 is 15.8 Å². The number of piperazine rings is 1. The summed E-state index contributed by atoms with van der Waals surface area (Å²) < 4.78 is 47.9.